The zero-order valence-corrected chi connectivity index (χ0v) is 14.8. The highest BCUT2D eigenvalue weighted by Gasteiger charge is 2.19. The maximum atomic E-state index is 12.4. The molecule has 24 heavy (non-hydrogen) atoms. The molecule has 0 spiro atoms. The predicted octanol–water partition coefficient (Wildman–Crippen LogP) is 2.05. The number of hydrogen-bond acceptors (Lipinski definition) is 6. The Labute approximate surface area is 143 Å². The van der Waals surface area contributed by atoms with Crippen molar-refractivity contribution >= 4 is 44.6 Å². The molecule has 10 heteroatoms. The van der Waals surface area contributed by atoms with Crippen LogP contribution in [0.15, 0.2) is 37.6 Å². The molecule has 0 radical (unpaired) electrons. The van der Waals surface area contributed by atoms with Gasteiger partial charge in [-0.1, -0.05) is 11.6 Å². The third kappa shape index (κ3) is 3.80. The molecule has 0 aliphatic carbocycles. The molecule has 2 aromatic rings. The van der Waals surface area contributed by atoms with Crippen molar-refractivity contribution in [2.24, 2.45) is 9.50 Å². The zero-order valence-electron chi connectivity index (χ0n) is 13.2. The van der Waals surface area contributed by atoms with E-state index < -0.39 is 15.6 Å². The van der Waals surface area contributed by atoms with Crippen LogP contribution < -0.4 is 5.56 Å². The molecule has 0 fully saturated rings. The Morgan fingerprint density at radius 3 is 2.75 bits per heavy atom. The molecule has 0 N–H and O–H groups in total. The quantitative estimate of drug-likeness (QED) is 0.591. The SMILES string of the molecule is CCO/C=N/S(=O)(=O)c1cc2c(=O)n(N=C(C)C)cnc2cc1Cl. The average Bonchev–Trinajstić information content (AvgIpc) is 2.49. The number of ether oxygens (including phenoxy) is 1. The Morgan fingerprint density at radius 2 is 2.12 bits per heavy atom. The lowest BCUT2D eigenvalue weighted by atomic mass is 10.2. The van der Waals surface area contributed by atoms with Crippen LogP contribution in [-0.4, -0.2) is 36.8 Å². The third-order valence-corrected chi connectivity index (χ3v) is 4.49. The van der Waals surface area contributed by atoms with E-state index >= 15 is 0 Å². The first-order chi connectivity index (χ1) is 11.3. The second kappa shape index (κ2) is 7.10. The number of rotatable bonds is 5. The van der Waals surface area contributed by atoms with E-state index in [1.165, 1.54) is 12.4 Å². The molecule has 128 valence electrons. The van der Waals surface area contributed by atoms with Crippen LogP contribution in [-0.2, 0) is 14.8 Å². The van der Waals surface area contributed by atoms with E-state index in [-0.39, 0.29) is 27.4 Å². The molecule has 0 bridgehead atoms. The Morgan fingerprint density at radius 1 is 1.42 bits per heavy atom. The molecule has 1 heterocycles. The standard InChI is InChI=1S/C14H15ClN4O4S/c1-4-23-8-17-24(21,22)13-5-10-12(6-11(13)15)16-7-19(14(10)20)18-9(2)3/h5-8H,4H2,1-3H3/b17-8+. The first-order valence-electron chi connectivity index (χ1n) is 6.89. The number of nitrogens with zero attached hydrogens (tertiary/aromatic N) is 4. The van der Waals surface area contributed by atoms with Crippen molar-refractivity contribution in [1.82, 2.24) is 9.66 Å². The molecular weight excluding hydrogens is 356 g/mol. The summed E-state index contributed by atoms with van der Waals surface area (Å²) in [4.78, 5) is 16.2. The van der Waals surface area contributed by atoms with Crippen molar-refractivity contribution in [3.63, 3.8) is 0 Å². The Hall–Kier alpha value is -2.26. The van der Waals surface area contributed by atoms with Gasteiger partial charge in [0.05, 0.1) is 22.5 Å². The summed E-state index contributed by atoms with van der Waals surface area (Å²) in [6.45, 7) is 5.40. The van der Waals surface area contributed by atoms with Crippen LogP contribution in [0.3, 0.4) is 0 Å². The maximum Gasteiger partial charge on any atom is 0.286 e. The Kier molecular flexibility index (Phi) is 5.35. The predicted molar refractivity (Wildman–Crippen MR) is 92.5 cm³/mol. The minimum atomic E-state index is -4.11. The molecule has 0 aliphatic heterocycles. The fourth-order valence-electron chi connectivity index (χ4n) is 1.82. The van der Waals surface area contributed by atoms with Crippen LogP contribution in [0.2, 0.25) is 5.02 Å². The first-order valence-corrected chi connectivity index (χ1v) is 8.71. The fourth-order valence-corrected chi connectivity index (χ4v) is 3.13. The van der Waals surface area contributed by atoms with Gasteiger partial charge in [-0.15, -0.1) is 4.40 Å². The van der Waals surface area contributed by atoms with E-state index in [4.69, 9.17) is 16.3 Å². The van der Waals surface area contributed by atoms with Gasteiger partial charge in [-0.2, -0.15) is 18.2 Å². The molecule has 0 amide bonds. The zero-order chi connectivity index (χ0) is 17.9. The molecular formula is C14H15ClN4O4S. The number of sulfonamides is 1. The summed E-state index contributed by atoms with van der Waals surface area (Å²) in [6.07, 6.45) is 2.07. The average molecular weight is 371 g/mol. The van der Waals surface area contributed by atoms with Crippen molar-refractivity contribution in [1.29, 1.82) is 0 Å². The summed E-state index contributed by atoms with van der Waals surface area (Å²) >= 11 is 6.01. The van der Waals surface area contributed by atoms with Crippen LogP contribution in [0.4, 0.5) is 0 Å². The van der Waals surface area contributed by atoms with Gasteiger partial charge < -0.3 is 4.74 Å². The molecule has 0 unspecified atom stereocenters. The van der Waals surface area contributed by atoms with Crippen molar-refractivity contribution < 1.29 is 13.2 Å². The van der Waals surface area contributed by atoms with E-state index in [1.807, 2.05) is 0 Å². The van der Waals surface area contributed by atoms with E-state index in [2.05, 4.69) is 14.5 Å². The van der Waals surface area contributed by atoms with Gasteiger partial charge in [0.1, 0.15) is 11.2 Å². The van der Waals surface area contributed by atoms with Crippen molar-refractivity contribution in [3.05, 3.63) is 33.8 Å². The topological polar surface area (TPSA) is 103 Å². The number of hydrogen-bond donors (Lipinski definition) is 0. The minimum Gasteiger partial charge on any atom is -0.483 e. The maximum absolute atomic E-state index is 12.4. The van der Waals surface area contributed by atoms with Crippen molar-refractivity contribution in [2.45, 2.75) is 25.7 Å². The molecule has 0 aliphatic rings. The normalized spacial score (nSPS) is 11.8. The molecule has 8 nitrogen and oxygen atoms in total. The van der Waals surface area contributed by atoms with E-state index in [0.717, 1.165) is 17.1 Å². The van der Waals surface area contributed by atoms with Gasteiger partial charge in [-0.25, -0.2) is 4.98 Å². The molecule has 1 aromatic carbocycles. The van der Waals surface area contributed by atoms with Crippen LogP contribution in [0, 0.1) is 0 Å². The number of fused-ring (bicyclic) bond motifs is 1. The Balaban J connectivity index is 2.69. The van der Waals surface area contributed by atoms with Crippen molar-refractivity contribution in [2.75, 3.05) is 6.61 Å². The summed E-state index contributed by atoms with van der Waals surface area (Å²) in [6, 6.07) is 2.44. The first kappa shape index (κ1) is 18.1. The van der Waals surface area contributed by atoms with E-state index in [1.54, 1.807) is 20.8 Å². The number of halogens is 1. The third-order valence-electron chi connectivity index (χ3n) is 2.80. The fraction of sp³-hybridized carbons (Fsp3) is 0.286. The summed E-state index contributed by atoms with van der Waals surface area (Å²) in [7, 11) is -4.11. The van der Waals surface area contributed by atoms with Gasteiger partial charge in [-0.05, 0) is 32.9 Å². The summed E-state index contributed by atoms with van der Waals surface area (Å²) in [5, 5.41) is 3.99. The van der Waals surface area contributed by atoms with Crippen LogP contribution in [0.25, 0.3) is 10.9 Å². The number of benzene rings is 1. The second-order valence-electron chi connectivity index (χ2n) is 4.88. The lowest BCUT2D eigenvalue weighted by molar-refractivity contribution is 0.344. The van der Waals surface area contributed by atoms with Gasteiger partial charge >= 0.3 is 0 Å². The number of aromatic nitrogens is 2. The van der Waals surface area contributed by atoms with Gasteiger partial charge in [0, 0.05) is 5.71 Å². The van der Waals surface area contributed by atoms with E-state index in [0.29, 0.717) is 5.71 Å². The summed E-state index contributed by atoms with van der Waals surface area (Å²) < 4.78 is 33.6. The molecule has 0 atom stereocenters. The monoisotopic (exact) mass is 370 g/mol. The van der Waals surface area contributed by atoms with Gasteiger partial charge in [0.2, 0.25) is 0 Å². The summed E-state index contributed by atoms with van der Waals surface area (Å²) in [5.41, 5.74) is 0.391. The molecule has 0 saturated heterocycles. The molecule has 2 rings (SSSR count). The van der Waals surface area contributed by atoms with Crippen LogP contribution in [0.1, 0.15) is 20.8 Å². The lowest BCUT2D eigenvalue weighted by Crippen LogP contribution is -2.18. The second-order valence-corrected chi connectivity index (χ2v) is 6.89. The highest BCUT2D eigenvalue weighted by atomic mass is 35.5. The van der Waals surface area contributed by atoms with E-state index in [9.17, 15) is 13.2 Å². The van der Waals surface area contributed by atoms with Crippen LogP contribution >= 0.6 is 11.6 Å². The van der Waals surface area contributed by atoms with Gasteiger partial charge in [0.25, 0.3) is 15.6 Å². The minimum absolute atomic E-state index is 0.0667. The van der Waals surface area contributed by atoms with Crippen LogP contribution in [0.5, 0.6) is 0 Å². The highest BCUT2D eigenvalue weighted by Crippen LogP contribution is 2.26. The Bertz CT molecular complexity index is 992. The van der Waals surface area contributed by atoms with Gasteiger partial charge in [0.15, 0.2) is 6.40 Å². The lowest BCUT2D eigenvalue weighted by Gasteiger charge is -2.06. The largest absolute Gasteiger partial charge is 0.483 e. The smallest absolute Gasteiger partial charge is 0.286 e. The molecule has 1 aromatic heterocycles. The van der Waals surface area contributed by atoms with Gasteiger partial charge in [-0.3, -0.25) is 4.79 Å². The summed E-state index contributed by atoms with van der Waals surface area (Å²) in [5.74, 6) is 0. The molecule has 0 saturated carbocycles. The highest BCUT2D eigenvalue weighted by molar-refractivity contribution is 7.90. The van der Waals surface area contributed by atoms with Crippen molar-refractivity contribution in [3.8, 4) is 0 Å².